The molecular formula is C26H30F3N7O3S2. The number of alkyl halides is 3. The fraction of sp³-hybridized carbons (Fsp3) is 0.500. The van der Waals surface area contributed by atoms with Crippen molar-refractivity contribution in [1.29, 1.82) is 0 Å². The number of aromatic nitrogens is 3. The first-order valence-electron chi connectivity index (χ1n) is 13.3. The van der Waals surface area contributed by atoms with E-state index in [9.17, 15) is 22.8 Å². The Labute approximate surface area is 242 Å². The fourth-order valence-corrected chi connectivity index (χ4v) is 6.94. The number of carboxylic acids is 1. The molecule has 2 aliphatic heterocycles. The van der Waals surface area contributed by atoms with Crippen LogP contribution in [0.4, 0.5) is 24.1 Å². The monoisotopic (exact) mass is 609 g/mol. The number of halogens is 3. The second kappa shape index (κ2) is 12.4. The van der Waals surface area contributed by atoms with Crippen molar-refractivity contribution in [2.24, 2.45) is 0 Å². The Kier molecular flexibility index (Phi) is 8.87. The molecule has 0 radical (unpaired) electrons. The second-order valence-electron chi connectivity index (χ2n) is 10.1. The topological polar surface area (TPSA) is 115 Å². The van der Waals surface area contributed by atoms with E-state index in [4.69, 9.17) is 5.11 Å². The van der Waals surface area contributed by atoms with Gasteiger partial charge >= 0.3 is 12.1 Å². The minimum Gasteiger partial charge on any atom is -0.481 e. The number of rotatable bonds is 9. The molecule has 2 fully saturated rings. The Morgan fingerprint density at radius 3 is 2.54 bits per heavy atom. The summed E-state index contributed by atoms with van der Waals surface area (Å²) in [4.78, 5) is 44.6. The van der Waals surface area contributed by atoms with E-state index in [0.717, 1.165) is 47.0 Å². The number of thiophene rings is 1. The maximum absolute atomic E-state index is 13.3. The average Bonchev–Trinajstić information content (AvgIpc) is 3.68. The van der Waals surface area contributed by atoms with Crippen molar-refractivity contribution in [3.8, 4) is 10.6 Å². The first-order valence-corrected chi connectivity index (χ1v) is 15.0. The van der Waals surface area contributed by atoms with Gasteiger partial charge in [0.1, 0.15) is 11.5 Å². The van der Waals surface area contributed by atoms with E-state index in [0.29, 0.717) is 61.7 Å². The molecule has 0 spiro atoms. The molecule has 5 rings (SSSR count). The van der Waals surface area contributed by atoms with Crippen molar-refractivity contribution in [2.75, 3.05) is 49.5 Å². The number of aliphatic carboxylic acids is 1. The quantitative estimate of drug-likeness (QED) is 0.362. The van der Waals surface area contributed by atoms with Gasteiger partial charge in [0.05, 0.1) is 34.9 Å². The van der Waals surface area contributed by atoms with Gasteiger partial charge < -0.3 is 10.0 Å². The molecule has 0 bridgehead atoms. The number of piperazine rings is 1. The number of amides is 1. The Balaban J connectivity index is 1.27. The van der Waals surface area contributed by atoms with Gasteiger partial charge in [0.15, 0.2) is 5.13 Å². The number of nitrogens with one attached hydrogen (secondary N) is 1. The molecule has 5 heterocycles. The molecule has 0 aromatic carbocycles. The Morgan fingerprint density at radius 2 is 1.93 bits per heavy atom. The van der Waals surface area contributed by atoms with Crippen molar-refractivity contribution in [3.63, 3.8) is 0 Å². The van der Waals surface area contributed by atoms with Gasteiger partial charge in [-0.3, -0.25) is 24.7 Å². The number of carbonyl (C=O) groups excluding carboxylic acids is 1. The van der Waals surface area contributed by atoms with Gasteiger partial charge in [0.25, 0.3) is 5.91 Å². The molecule has 2 aliphatic rings. The van der Waals surface area contributed by atoms with Crippen LogP contribution in [0.2, 0.25) is 0 Å². The number of carboxylic acid groups (broad SMARTS) is 1. The lowest BCUT2D eigenvalue weighted by atomic mass is 10.2. The van der Waals surface area contributed by atoms with E-state index >= 15 is 0 Å². The standard InChI is InChI=1S/C26H30F3N7O3S2/c1-16-3-2-5-36(16)14-20-23(19-11-17(15-40-19)26(27,28)29)32-25(41-20)33-24(39)18-12-31-21(13-30-18)35-9-7-34(8-10-35)6-4-22(37)38/h11-13,15-16H,2-10,14H2,1H3,(H,37,38)(H,32,33,39)/t16-/m1/s1. The van der Waals surface area contributed by atoms with Crippen LogP contribution in [-0.4, -0.2) is 87.0 Å². The Hall–Kier alpha value is -3.14. The first kappa shape index (κ1) is 29.4. The summed E-state index contributed by atoms with van der Waals surface area (Å²) >= 11 is 2.24. The highest BCUT2D eigenvalue weighted by Gasteiger charge is 2.33. The zero-order chi connectivity index (χ0) is 29.1. The summed E-state index contributed by atoms with van der Waals surface area (Å²) < 4.78 is 39.8. The van der Waals surface area contributed by atoms with Gasteiger partial charge in [0.2, 0.25) is 0 Å². The number of thiazole rings is 1. The van der Waals surface area contributed by atoms with E-state index in [2.05, 4.69) is 37.0 Å². The predicted molar refractivity (Wildman–Crippen MR) is 150 cm³/mol. The van der Waals surface area contributed by atoms with Crippen LogP contribution in [0, 0.1) is 0 Å². The first-order chi connectivity index (χ1) is 19.6. The summed E-state index contributed by atoms with van der Waals surface area (Å²) in [6.45, 7) is 6.82. The van der Waals surface area contributed by atoms with Crippen LogP contribution in [0.3, 0.4) is 0 Å². The highest BCUT2D eigenvalue weighted by atomic mass is 32.1. The molecule has 0 unspecified atom stereocenters. The molecule has 15 heteroatoms. The number of hydrogen-bond acceptors (Lipinski definition) is 10. The molecule has 2 N–H and O–H groups in total. The number of likely N-dealkylation sites (tertiary alicyclic amines) is 1. The molecule has 10 nitrogen and oxygen atoms in total. The highest BCUT2D eigenvalue weighted by molar-refractivity contribution is 7.17. The van der Waals surface area contributed by atoms with Gasteiger partial charge in [-0.15, -0.1) is 11.3 Å². The summed E-state index contributed by atoms with van der Waals surface area (Å²) in [5.74, 6) is -0.706. The summed E-state index contributed by atoms with van der Waals surface area (Å²) in [6, 6.07) is 1.47. The third kappa shape index (κ3) is 7.20. The SMILES string of the molecule is C[C@@H]1CCCN1Cc1sc(NC(=O)c2cnc(N3CCN(CCC(=O)O)CC3)cn2)nc1-c1cc(C(F)(F)F)cs1. The van der Waals surface area contributed by atoms with E-state index in [1.165, 1.54) is 23.7 Å². The third-order valence-electron chi connectivity index (χ3n) is 7.32. The van der Waals surface area contributed by atoms with Gasteiger partial charge in [0, 0.05) is 55.6 Å². The molecule has 2 saturated heterocycles. The van der Waals surface area contributed by atoms with Crippen molar-refractivity contribution in [1.82, 2.24) is 24.8 Å². The average molecular weight is 610 g/mol. The maximum atomic E-state index is 13.3. The lowest BCUT2D eigenvalue weighted by molar-refractivity contribution is -0.138. The van der Waals surface area contributed by atoms with Crippen LogP contribution in [-0.2, 0) is 17.5 Å². The molecule has 3 aromatic heterocycles. The number of hydrogen-bond donors (Lipinski definition) is 2. The van der Waals surface area contributed by atoms with Crippen molar-refractivity contribution < 1.29 is 27.9 Å². The number of nitrogens with zero attached hydrogens (tertiary/aromatic N) is 6. The molecule has 1 atom stereocenters. The molecule has 1 amide bonds. The van der Waals surface area contributed by atoms with Crippen molar-refractivity contribution in [2.45, 2.75) is 44.9 Å². The smallest absolute Gasteiger partial charge is 0.417 e. The molecule has 220 valence electrons. The van der Waals surface area contributed by atoms with Gasteiger partial charge in [-0.05, 0) is 32.4 Å². The zero-order valence-electron chi connectivity index (χ0n) is 22.4. The van der Waals surface area contributed by atoms with Crippen LogP contribution in [0.5, 0.6) is 0 Å². The van der Waals surface area contributed by atoms with Crippen molar-refractivity contribution in [3.05, 3.63) is 40.0 Å². The lowest BCUT2D eigenvalue weighted by Crippen LogP contribution is -2.47. The van der Waals surface area contributed by atoms with Crippen LogP contribution >= 0.6 is 22.7 Å². The normalized spacial score (nSPS) is 18.6. The number of carbonyl (C=O) groups is 2. The van der Waals surface area contributed by atoms with Crippen LogP contribution in [0.1, 0.15) is 47.1 Å². The summed E-state index contributed by atoms with van der Waals surface area (Å²) in [7, 11) is 0. The largest absolute Gasteiger partial charge is 0.481 e. The molecule has 41 heavy (non-hydrogen) atoms. The third-order valence-corrected chi connectivity index (χ3v) is 9.22. The van der Waals surface area contributed by atoms with Gasteiger partial charge in [-0.2, -0.15) is 13.2 Å². The minimum absolute atomic E-state index is 0.0933. The predicted octanol–water partition coefficient (Wildman–Crippen LogP) is 4.51. The van der Waals surface area contributed by atoms with E-state index < -0.39 is 23.6 Å². The molecule has 0 aliphatic carbocycles. The molecular weight excluding hydrogens is 579 g/mol. The Bertz CT molecular complexity index is 1370. The van der Waals surface area contributed by atoms with E-state index in [-0.39, 0.29) is 17.2 Å². The minimum atomic E-state index is -4.44. The van der Waals surface area contributed by atoms with Gasteiger partial charge in [-0.1, -0.05) is 11.3 Å². The van der Waals surface area contributed by atoms with Crippen LogP contribution in [0.15, 0.2) is 23.8 Å². The molecule has 0 saturated carbocycles. The lowest BCUT2D eigenvalue weighted by Gasteiger charge is -2.34. The zero-order valence-corrected chi connectivity index (χ0v) is 24.0. The van der Waals surface area contributed by atoms with E-state index in [1.807, 2.05) is 4.90 Å². The van der Waals surface area contributed by atoms with Crippen LogP contribution < -0.4 is 10.2 Å². The van der Waals surface area contributed by atoms with Gasteiger partial charge in [-0.25, -0.2) is 15.0 Å². The fourth-order valence-electron chi connectivity index (χ4n) is 4.94. The number of anilines is 2. The maximum Gasteiger partial charge on any atom is 0.417 e. The highest BCUT2D eigenvalue weighted by Crippen LogP contribution is 2.40. The van der Waals surface area contributed by atoms with E-state index in [1.54, 1.807) is 0 Å². The van der Waals surface area contributed by atoms with Crippen LogP contribution in [0.25, 0.3) is 10.6 Å². The Morgan fingerprint density at radius 1 is 1.15 bits per heavy atom. The molecule has 3 aromatic rings. The second-order valence-corrected chi connectivity index (χ2v) is 12.1. The summed E-state index contributed by atoms with van der Waals surface area (Å²) in [5, 5.41) is 13.0. The summed E-state index contributed by atoms with van der Waals surface area (Å²) in [6.07, 6.45) is 0.696. The summed E-state index contributed by atoms with van der Waals surface area (Å²) in [5.41, 5.74) is -0.168. The van der Waals surface area contributed by atoms with Crippen molar-refractivity contribution >= 4 is 45.5 Å².